The summed E-state index contributed by atoms with van der Waals surface area (Å²) in [5, 5.41) is 5.82. The van der Waals surface area contributed by atoms with Crippen molar-refractivity contribution in [3.8, 4) is 0 Å². The molecule has 0 unspecified atom stereocenters. The van der Waals surface area contributed by atoms with Crippen molar-refractivity contribution in [1.82, 2.24) is 20.4 Å². The Kier molecular flexibility index (Phi) is 6.38. The Labute approximate surface area is 165 Å². The van der Waals surface area contributed by atoms with Gasteiger partial charge in [0.15, 0.2) is 0 Å². The smallest absolute Gasteiger partial charge is 0.315 e. The van der Waals surface area contributed by atoms with Gasteiger partial charge in [0.05, 0.1) is 0 Å². The second-order valence-electron chi connectivity index (χ2n) is 7.55. The highest BCUT2D eigenvalue weighted by Gasteiger charge is 2.45. The highest BCUT2D eigenvalue weighted by molar-refractivity contribution is 5.91. The van der Waals surface area contributed by atoms with Crippen LogP contribution in [0.5, 0.6) is 0 Å². The number of hydrogen-bond donors (Lipinski definition) is 3. The predicted molar refractivity (Wildman–Crippen MR) is 105 cm³/mol. The van der Waals surface area contributed by atoms with Crippen molar-refractivity contribution in [3.05, 3.63) is 35.9 Å². The minimum atomic E-state index is -0.858. The zero-order valence-corrected chi connectivity index (χ0v) is 16.2. The summed E-state index contributed by atoms with van der Waals surface area (Å²) in [5.74, 6) is -0.0498. The lowest BCUT2D eigenvalue weighted by Crippen LogP contribution is -2.60. The molecule has 2 fully saturated rings. The monoisotopic (exact) mass is 387 g/mol. The van der Waals surface area contributed by atoms with E-state index in [1.165, 1.54) is 0 Å². The van der Waals surface area contributed by atoms with Gasteiger partial charge in [-0.15, -0.1) is 0 Å². The SMILES string of the molecule is NC(=O)N1CCCN(C(=O)C2(NC(=O)NCc3ccccc3)CCCC2)CC1. The minimum Gasteiger partial charge on any atom is -0.351 e. The van der Waals surface area contributed by atoms with Gasteiger partial charge >= 0.3 is 12.1 Å². The topological polar surface area (TPSA) is 108 Å². The molecule has 8 nitrogen and oxygen atoms in total. The van der Waals surface area contributed by atoms with Gasteiger partial charge in [-0.3, -0.25) is 4.79 Å². The maximum Gasteiger partial charge on any atom is 0.315 e. The van der Waals surface area contributed by atoms with Gasteiger partial charge < -0.3 is 26.2 Å². The average molecular weight is 387 g/mol. The first-order valence-electron chi connectivity index (χ1n) is 9.94. The molecule has 1 saturated carbocycles. The summed E-state index contributed by atoms with van der Waals surface area (Å²) in [4.78, 5) is 40.6. The molecule has 1 aliphatic carbocycles. The van der Waals surface area contributed by atoms with Crippen LogP contribution in [-0.4, -0.2) is 59.5 Å². The molecular weight excluding hydrogens is 358 g/mol. The Hall–Kier alpha value is -2.77. The number of amides is 5. The Morgan fingerprint density at radius 1 is 0.929 bits per heavy atom. The van der Waals surface area contributed by atoms with E-state index in [2.05, 4.69) is 10.6 Å². The summed E-state index contributed by atoms with van der Waals surface area (Å²) < 4.78 is 0. The molecule has 0 bridgehead atoms. The van der Waals surface area contributed by atoms with Crippen LogP contribution in [0.15, 0.2) is 30.3 Å². The van der Waals surface area contributed by atoms with Gasteiger partial charge in [-0.2, -0.15) is 0 Å². The summed E-state index contributed by atoms with van der Waals surface area (Å²) in [7, 11) is 0. The second-order valence-corrected chi connectivity index (χ2v) is 7.55. The van der Waals surface area contributed by atoms with Crippen LogP contribution in [0.25, 0.3) is 0 Å². The molecule has 8 heteroatoms. The number of primary amides is 1. The van der Waals surface area contributed by atoms with E-state index in [4.69, 9.17) is 5.73 Å². The number of nitrogens with two attached hydrogens (primary N) is 1. The fourth-order valence-electron chi connectivity index (χ4n) is 4.05. The maximum atomic E-state index is 13.3. The number of hydrogen-bond acceptors (Lipinski definition) is 3. The molecule has 5 amide bonds. The third kappa shape index (κ3) is 4.74. The molecule has 28 heavy (non-hydrogen) atoms. The molecule has 1 saturated heterocycles. The number of carbonyl (C=O) groups excluding carboxylic acids is 3. The number of rotatable bonds is 4. The summed E-state index contributed by atoms with van der Waals surface area (Å²) in [6.07, 6.45) is 3.78. The largest absolute Gasteiger partial charge is 0.351 e. The fraction of sp³-hybridized carbons (Fsp3) is 0.550. The molecule has 0 radical (unpaired) electrons. The van der Waals surface area contributed by atoms with Gasteiger partial charge in [0.25, 0.3) is 0 Å². The summed E-state index contributed by atoms with van der Waals surface area (Å²) >= 11 is 0. The van der Waals surface area contributed by atoms with Crippen LogP contribution in [0.2, 0.25) is 0 Å². The molecule has 1 aromatic rings. The van der Waals surface area contributed by atoms with Crippen molar-refractivity contribution in [2.24, 2.45) is 5.73 Å². The third-order valence-corrected chi connectivity index (χ3v) is 5.61. The van der Waals surface area contributed by atoms with Gasteiger partial charge in [0, 0.05) is 32.7 Å². The van der Waals surface area contributed by atoms with E-state index in [9.17, 15) is 14.4 Å². The van der Waals surface area contributed by atoms with E-state index in [0.717, 1.165) is 18.4 Å². The van der Waals surface area contributed by atoms with Crippen molar-refractivity contribution in [3.63, 3.8) is 0 Å². The number of urea groups is 2. The van der Waals surface area contributed by atoms with Crippen molar-refractivity contribution >= 4 is 18.0 Å². The molecule has 0 aromatic heterocycles. The maximum absolute atomic E-state index is 13.3. The second kappa shape index (κ2) is 8.95. The van der Waals surface area contributed by atoms with Crippen LogP contribution in [-0.2, 0) is 11.3 Å². The van der Waals surface area contributed by atoms with E-state index < -0.39 is 11.6 Å². The Morgan fingerprint density at radius 3 is 2.25 bits per heavy atom. The Morgan fingerprint density at radius 2 is 1.57 bits per heavy atom. The number of benzene rings is 1. The average Bonchev–Trinajstić information content (AvgIpc) is 3.02. The van der Waals surface area contributed by atoms with Gasteiger partial charge in [0.2, 0.25) is 5.91 Å². The molecule has 0 spiro atoms. The standard InChI is InChI=1S/C20H29N5O3/c21-18(27)25-12-6-11-24(13-14-25)17(26)20(9-4-5-10-20)23-19(28)22-15-16-7-2-1-3-8-16/h1-3,7-8H,4-6,9-15H2,(H2,21,27)(H2,22,23,28). The minimum absolute atomic E-state index is 0.0498. The first kappa shape index (κ1) is 20.0. The van der Waals surface area contributed by atoms with Crippen LogP contribution in [0.3, 0.4) is 0 Å². The number of nitrogens with zero attached hydrogens (tertiary/aromatic N) is 2. The van der Waals surface area contributed by atoms with E-state index in [1.807, 2.05) is 30.3 Å². The third-order valence-electron chi connectivity index (χ3n) is 5.61. The van der Waals surface area contributed by atoms with Crippen molar-refractivity contribution in [2.45, 2.75) is 44.2 Å². The highest BCUT2D eigenvalue weighted by Crippen LogP contribution is 2.32. The van der Waals surface area contributed by atoms with Gasteiger partial charge in [0.1, 0.15) is 5.54 Å². The molecule has 0 atom stereocenters. The predicted octanol–water partition coefficient (Wildman–Crippen LogP) is 1.41. The normalized spacial score (nSPS) is 19.0. The molecule has 4 N–H and O–H groups in total. The number of carbonyl (C=O) groups is 3. The van der Waals surface area contributed by atoms with E-state index >= 15 is 0 Å². The van der Waals surface area contributed by atoms with Crippen LogP contribution < -0.4 is 16.4 Å². The quantitative estimate of drug-likeness (QED) is 0.727. The highest BCUT2D eigenvalue weighted by atomic mass is 16.2. The van der Waals surface area contributed by atoms with Crippen molar-refractivity contribution in [2.75, 3.05) is 26.2 Å². The molecular formula is C20H29N5O3. The van der Waals surface area contributed by atoms with Crippen LogP contribution in [0.4, 0.5) is 9.59 Å². The van der Waals surface area contributed by atoms with E-state index in [-0.39, 0.29) is 11.9 Å². The Bertz CT molecular complexity index is 703. The van der Waals surface area contributed by atoms with Crippen LogP contribution >= 0.6 is 0 Å². The first-order valence-corrected chi connectivity index (χ1v) is 9.94. The van der Waals surface area contributed by atoms with Crippen molar-refractivity contribution < 1.29 is 14.4 Å². The van der Waals surface area contributed by atoms with Gasteiger partial charge in [-0.1, -0.05) is 43.2 Å². The van der Waals surface area contributed by atoms with E-state index in [0.29, 0.717) is 52.0 Å². The lowest BCUT2D eigenvalue weighted by Gasteiger charge is -2.34. The lowest BCUT2D eigenvalue weighted by atomic mass is 9.95. The summed E-state index contributed by atoms with van der Waals surface area (Å²) in [5.41, 5.74) is 5.52. The number of nitrogens with one attached hydrogen (secondary N) is 2. The molecule has 152 valence electrons. The Balaban J connectivity index is 1.61. The fourth-order valence-corrected chi connectivity index (χ4v) is 4.05. The molecule has 3 rings (SSSR count). The molecule has 1 aliphatic heterocycles. The summed E-state index contributed by atoms with van der Waals surface area (Å²) in [6.45, 7) is 2.40. The van der Waals surface area contributed by atoms with Gasteiger partial charge in [-0.05, 0) is 24.8 Å². The zero-order valence-electron chi connectivity index (χ0n) is 16.2. The molecule has 2 aliphatic rings. The van der Waals surface area contributed by atoms with Crippen molar-refractivity contribution in [1.29, 1.82) is 0 Å². The first-order chi connectivity index (χ1) is 13.5. The summed E-state index contributed by atoms with van der Waals surface area (Å²) in [6, 6.07) is 8.88. The lowest BCUT2D eigenvalue weighted by molar-refractivity contribution is -0.137. The van der Waals surface area contributed by atoms with E-state index in [1.54, 1.807) is 9.80 Å². The zero-order chi connectivity index (χ0) is 20.0. The molecule has 1 heterocycles. The van der Waals surface area contributed by atoms with Gasteiger partial charge in [-0.25, -0.2) is 9.59 Å². The molecule has 1 aromatic carbocycles. The van der Waals surface area contributed by atoms with Crippen LogP contribution in [0.1, 0.15) is 37.7 Å². The van der Waals surface area contributed by atoms with Crippen LogP contribution in [0, 0.1) is 0 Å².